The monoisotopic (exact) mass is 274 g/mol. The third-order valence-corrected chi connectivity index (χ3v) is 3.77. The Hall–Kier alpha value is -2.48. The van der Waals surface area contributed by atoms with E-state index in [1.807, 2.05) is 12.3 Å². The number of nitrogens with zero attached hydrogens (tertiary/aromatic N) is 2. The van der Waals surface area contributed by atoms with Crippen molar-refractivity contribution in [2.45, 2.75) is 20.8 Å². The van der Waals surface area contributed by atoms with Gasteiger partial charge in [-0.15, -0.1) is 0 Å². The van der Waals surface area contributed by atoms with Gasteiger partial charge in [-0.25, -0.2) is 9.97 Å². The molecule has 104 valence electrons. The van der Waals surface area contributed by atoms with Crippen molar-refractivity contribution in [3.05, 3.63) is 71.4 Å². The van der Waals surface area contributed by atoms with E-state index in [-0.39, 0.29) is 0 Å². The molecule has 0 spiro atoms. The van der Waals surface area contributed by atoms with Crippen LogP contribution in [0.25, 0.3) is 22.6 Å². The molecule has 0 unspecified atom stereocenters. The molecule has 0 aliphatic carbocycles. The van der Waals surface area contributed by atoms with Crippen molar-refractivity contribution in [1.82, 2.24) is 9.97 Å². The first-order valence-electron chi connectivity index (χ1n) is 7.11. The first kappa shape index (κ1) is 13.5. The predicted molar refractivity (Wildman–Crippen MR) is 87.1 cm³/mol. The molecule has 0 radical (unpaired) electrons. The summed E-state index contributed by atoms with van der Waals surface area (Å²) in [7, 11) is 0. The number of aryl methyl sites for hydroxylation is 3. The second-order valence-corrected chi connectivity index (χ2v) is 5.43. The van der Waals surface area contributed by atoms with Gasteiger partial charge in [0.1, 0.15) is 0 Å². The Morgan fingerprint density at radius 2 is 1.43 bits per heavy atom. The molecular weight excluding hydrogens is 256 g/mol. The highest BCUT2D eigenvalue weighted by Gasteiger charge is 2.05. The van der Waals surface area contributed by atoms with Gasteiger partial charge in [-0.2, -0.15) is 0 Å². The van der Waals surface area contributed by atoms with Crippen LogP contribution in [0.3, 0.4) is 0 Å². The summed E-state index contributed by atoms with van der Waals surface area (Å²) in [5, 5.41) is 0. The maximum Gasteiger partial charge on any atom is 0.159 e. The molecule has 1 heterocycles. The van der Waals surface area contributed by atoms with Gasteiger partial charge in [-0.05, 0) is 44.0 Å². The normalized spacial score (nSPS) is 10.6. The minimum absolute atomic E-state index is 0.774. The molecule has 3 rings (SSSR count). The summed E-state index contributed by atoms with van der Waals surface area (Å²) in [5.74, 6) is 0.774. The van der Waals surface area contributed by atoms with Crippen molar-refractivity contribution < 1.29 is 0 Å². The molecule has 0 amide bonds. The Bertz CT molecular complexity index is 774. The SMILES string of the molecule is Cc1ccc(-c2ccnc(-c3ccc(C)c(C)c3)n2)cc1. The lowest BCUT2D eigenvalue weighted by Gasteiger charge is -2.06. The van der Waals surface area contributed by atoms with Gasteiger partial charge in [0.05, 0.1) is 5.69 Å². The van der Waals surface area contributed by atoms with Crippen LogP contribution in [0.15, 0.2) is 54.7 Å². The predicted octanol–water partition coefficient (Wildman–Crippen LogP) is 4.74. The van der Waals surface area contributed by atoms with E-state index in [0.29, 0.717) is 0 Å². The molecule has 0 saturated carbocycles. The minimum Gasteiger partial charge on any atom is -0.237 e. The fourth-order valence-electron chi connectivity index (χ4n) is 2.26. The minimum atomic E-state index is 0.774. The molecule has 1 aromatic heterocycles. The Morgan fingerprint density at radius 1 is 0.714 bits per heavy atom. The summed E-state index contributed by atoms with van der Waals surface area (Å²) in [6.45, 7) is 6.32. The van der Waals surface area contributed by atoms with Gasteiger partial charge in [0.25, 0.3) is 0 Å². The van der Waals surface area contributed by atoms with Crippen LogP contribution in [0, 0.1) is 20.8 Å². The highest BCUT2D eigenvalue weighted by atomic mass is 14.9. The van der Waals surface area contributed by atoms with Crippen molar-refractivity contribution in [3.8, 4) is 22.6 Å². The number of hydrogen-bond donors (Lipinski definition) is 0. The smallest absolute Gasteiger partial charge is 0.159 e. The van der Waals surface area contributed by atoms with Gasteiger partial charge in [0.2, 0.25) is 0 Å². The van der Waals surface area contributed by atoms with E-state index < -0.39 is 0 Å². The van der Waals surface area contributed by atoms with E-state index in [0.717, 1.165) is 22.6 Å². The molecule has 0 aliphatic heterocycles. The van der Waals surface area contributed by atoms with Crippen LogP contribution in [-0.2, 0) is 0 Å². The molecule has 2 aromatic carbocycles. The lowest BCUT2D eigenvalue weighted by Crippen LogP contribution is -1.92. The van der Waals surface area contributed by atoms with Gasteiger partial charge in [0, 0.05) is 17.3 Å². The number of benzene rings is 2. The molecule has 0 aliphatic rings. The van der Waals surface area contributed by atoms with E-state index in [1.165, 1.54) is 16.7 Å². The molecule has 0 saturated heterocycles. The highest BCUT2D eigenvalue weighted by Crippen LogP contribution is 2.22. The van der Waals surface area contributed by atoms with Gasteiger partial charge in [-0.1, -0.05) is 42.0 Å². The second kappa shape index (κ2) is 5.49. The van der Waals surface area contributed by atoms with Crippen molar-refractivity contribution in [2.24, 2.45) is 0 Å². The van der Waals surface area contributed by atoms with E-state index in [9.17, 15) is 0 Å². The van der Waals surface area contributed by atoms with Gasteiger partial charge in [0.15, 0.2) is 5.82 Å². The van der Waals surface area contributed by atoms with Crippen molar-refractivity contribution >= 4 is 0 Å². The summed E-state index contributed by atoms with van der Waals surface area (Å²) in [4.78, 5) is 9.11. The molecule has 2 nitrogen and oxygen atoms in total. The zero-order valence-corrected chi connectivity index (χ0v) is 12.6. The lowest BCUT2D eigenvalue weighted by atomic mass is 10.1. The van der Waals surface area contributed by atoms with Gasteiger partial charge < -0.3 is 0 Å². The molecule has 21 heavy (non-hydrogen) atoms. The fraction of sp³-hybridized carbons (Fsp3) is 0.158. The van der Waals surface area contributed by atoms with Crippen LogP contribution in [0.1, 0.15) is 16.7 Å². The van der Waals surface area contributed by atoms with Crippen LogP contribution < -0.4 is 0 Å². The van der Waals surface area contributed by atoms with Gasteiger partial charge >= 0.3 is 0 Å². The van der Waals surface area contributed by atoms with Crippen molar-refractivity contribution in [1.29, 1.82) is 0 Å². The summed E-state index contributed by atoms with van der Waals surface area (Å²) >= 11 is 0. The third kappa shape index (κ3) is 2.84. The molecule has 3 aromatic rings. The maximum absolute atomic E-state index is 4.70. The summed E-state index contributed by atoms with van der Waals surface area (Å²) in [6, 6.07) is 16.7. The largest absolute Gasteiger partial charge is 0.237 e. The molecule has 0 N–H and O–H groups in total. The van der Waals surface area contributed by atoms with E-state index in [4.69, 9.17) is 4.98 Å². The van der Waals surface area contributed by atoms with Crippen LogP contribution in [0.5, 0.6) is 0 Å². The maximum atomic E-state index is 4.70. The Balaban J connectivity index is 2.03. The number of hydrogen-bond acceptors (Lipinski definition) is 2. The average molecular weight is 274 g/mol. The van der Waals surface area contributed by atoms with E-state index >= 15 is 0 Å². The number of rotatable bonds is 2. The third-order valence-electron chi connectivity index (χ3n) is 3.77. The van der Waals surface area contributed by atoms with Crippen molar-refractivity contribution in [3.63, 3.8) is 0 Å². The number of aromatic nitrogens is 2. The molecule has 0 atom stereocenters. The summed E-state index contributed by atoms with van der Waals surface area (Å²) in [5.41, 5.74) is 6.94. The molecule has 0 bridgehead atoms. The summed E-state index contributed by atoms with van der Waals surface area (Å²) < 4.78 is 0. The summed E-state index contributed by atoms with van der Waals surface area (Å²) in [6.07, 6.45) is 1.83. The molecule has 0 fully saturated rings. The topological polar surface area (TPSA) is 25.8 Å². The van der Waals surface area contributed by atoms with E-state index in [1.54, 1.807) is 0 Å². The first-order chi connectivity index (χ1) is 10.1. The highest BCUT2D eigenvalue weighted by molar-refractivity contribution is 5.64. The Kier molecular flexibility index (Phi) is 3.53. The molecule has 2 heteroatoms. The second-order valence-electron chi connectivity index (χ2n) is 5.43. The van der Waals surface area contributed by atoms with Gasteiger partial charge in [-0.3, -0.25) is 0 Å². The lowest BCUT2D eigenvalue weighted by molar-refractivity contribution is 1.17. The van der Waals surface area contributed by atoms with Crippen LogP contribution in [0.2, 0.25) is 0 Å². The zero-order valence-electron chi connectivity index (χ0n) is 12.6. The van der Waals surface area contributed by atoms with Crippen molar-refractivity contribution in [2.75, 3.05) is 0 Å². The van der Waals surface area contributed by atoms with Crippen LogP contribution >= 0.6 is 0 Å². The Labute approximate surface area is 125 Å². The van der Waals surface area contributed by atoms with E-state index in [2.05, 4.69) is 68.2 Å². The quantitative estimate of drug-likeness (QED) is 0.674. The standard InChI is InChI=1S/C19H18N2/c1-13-4-7-16(8-5-13)18-10-11-20-19(21-18)17-9-6-14(2)15(3)12-17/h4-12H,1-3H3. The first-order valence-corrected chi connectivity index (χ1v) is 7.11. The Morgan fingerprint density at radius 3 is 2.14 bits per heavy atom. The zero-order chi connectivity index (χ0) is 14.8. The van der Waals surface area contributed by atoms with Crippen LogP contribution in [0.4, 0.5) is 0 Å². The van der Waals surface area contributed by atoms with Crippen LogP contribution in [-0.4, -0.2) is 9.97 Å². The fourth-order valence-corrected chi connectivity index (χ4v) is 2.26. The average Bonchev–Trinajstić information content (AvgIpc) is 2.51. The molecular formula is C19H18N2.